The van der Waals surface area contributed by atoms with Gasteiger partial charge in [-0.25, -0.2) is 4.39 Å². The summed E-state index contributed by atoms with van der Waals surface area (Å²) in [4.78, 5) is 25.7. The van der Waals surface area contributed by atoms with Gasteiger partial charge in [-0.15, -0.1) is 0 Å². The Kier molecular flexibility index (Phi) is 6.65. The lowest BCUT2D eigenvalue weighted by Crippen LogP contribution is -2.38. The highest BCUT2D eigenvalue weighted by Crippen LogP contribution is 2.20. The zero-order valence-corrected chi connectivity index (χ0v) is 13.7. The van der Waals surface area contributed by atoms with Crippen LogP contribution in [0.2, 0.25) is 0 Å². The summed E-state index contributed by atoms with van der Waals surface area (Å²) >= 11 is 0. The highest BCUT2D eigenvalue weighted by Gasteiger charge is 2.14. The van der Waals surface area contributed by atoms with Gasteiger partial charge in [0.2, 0.25) is 11.8 Å². The van der Waals surface area contributed by atoms with Gasteiger partial charge >= 0.3 is 0 Å². The van der Waals surface area contributed by atoms with E-state index in [1.54, 1.807) is 6.92 Å². The number of nitrogens with zero attached hydrogens (tertiary/aromatic N) is 1. The van der Waals surface area contributed by atoms with Crippen LogP contribution in [-0.2, 0) is 14.3 Å². The number of benzene rings is 1. The molecule has 1 aliphatic rings. The molecule has 1 saturated heterocycles. The fourth-order valence-electron chi connectivity index (χ4n) is 2.25. The zero-order valence-electron chi connectivity index (χ0n) is 13.7. The molecule has 1 fully saturated rings. The molecule has 0 aliphatic carbocycles. The predicted octanol–water partition coefficient (Wildman–Crippen LogP) is 0.772. The maximum Gasteiger partial charge on any atom is 0.240 e. The number of amides is 2. The van der Waals surface area contributed by atoms with E-state index in [-0.39, 0.29) is 23.9 Å². The number of ether oxygens (including phenoxy) is 1. The van der Waals surface area contributed by atoms with Crippen LogP contribution in [0.5, 0.6) is 0 Å². The van der Waals surface area contributed by atoms with Gasteiger partial charge in [-0.1, -0.05) is 0 Å². The van der Waals surface area contributed by atoms with Gasteiger partial charge in [0, 0.05) is 31.7 Å². The van der Waals surface area contributed by atoms with Crippen LogP contribution in [-0.4, -0.2) is 55.6 Å². The average molecular weight is 338 g/mol. The van der Waals surface area contributed by atoms with E-state index in [9.17, 15) is 14.0 Å². The van der Waals surface area contributed by atoms with Crippen molar-refractivity contribution in [3.05, 3.63) is 24.0 Å². The fourth-order valence-corrected chi connectivity index (χ4v) is 2.25. The number of carbonyl (C=O) groups excluding carboxylic acids is 2. The predicted molar refractivity (Wildman–Crippen MR) is 89.2 cm³/mol. The third-order valence-corrected chi connectivity index (χ3v) is 3.68. The highest BCUT2D eigenvalue weighted by molar-refractivity contribution is 5.96. The van der Waals surface area contributed by atoms with Gasteiger partial charge in [0.25, 0.3) is 0 Å². The van der Waals surface area contributed by atoms with Gasteiger partial charge in [-0.05, 0) is 25.1 Å². The minimum absolute atomic E-state index is 0.0319. The van der Waals surface area contributed by atoms with Gasteiger partial charge in [0.15, 0.2) is 0 Å². The van der Waals surface area contributed by atoms with Gasteiger partial charge in [0.1, 0.15) is 5.82 Å². The van der Waals surface area contributed by atoms with Crippen LogP contribution in [0.25, 0.3) is 0 Å². The third-order valence-electron chi connectivity index (χ3n) is 3.68. The molecule has 24 heavy (non-hydrogen) atoms. The minimum Gasteiger partial charge on any atom is -0.379 e. The molecule has 1 aromatic carbocycles. The van der Waals surface area contributed by atoms with E-state index in [0.29, 0.717) is 25.4 Å². The first-order valence-electron chi connectivity index (χ1n) is 7.91. The number of halogens is 1. The standard InChI is InChI=1S/C16H23FN4O3/c1-11(18)16(23)19-12-2-3-13(17)14(10-12)20-15(22)4-5-21-6-8-24-9-7-21/h2-3,10-11H,4-9,18H2,1H3,(H,19,23)(H,20,22). The SMILES string of the molecule is CC(N)C(=O)Nc1ccc(F)c(NC(=O)CCN2CCOCC2)c1. The topological polar surface area (TPSA) is 96.7 Å². The molecule has 1 atom stereocenters. The highest BCUT2D eigenvalue weighted by atomic mass is 19.1. The Morgan fingerprint density at radius 3 is 2.71 bits per heavy atom. The summed E-state index contributed by atoms with van der Waals surface area (Å²) in [5, 5.41) is 5.10. The Balaban J connectivity index is 1.90. The first kappa shape index (κ1) is 18.3. The molecule has 0 bridgehead atoms. The Hall–Kier alpha value is -2.03. The Labute approximate surface area is 140 Å². The lowest BCUT2D eigenvalue weighted by Gasteiger charge is -2.26. The summed E-state index contributed by atoms with van der Waals surface area (Å²) in [6.07, 6.45) is 0.260. The van der Waals surface area contributed by atoms with Crippen molar-refractivity contribution in [2.45, 2.75) is 19.4 Å². The minimum atomic E-state index is -0.679. The number of morpholine rings is 1. The summed E-state index contributed by atoms with van der Waals surface area (Å²) < 4.78 is 19.1. The molecule has 2 rings (SSSR count). The summed E-state index contributed by atoms with van der Waals surface area (Å²) in [5.74, 6) is -1.23. The van der Waals surface area contributed by atoms with Crippen LogP contribution in [0.3, 0.4) is 0 Å². The second-order valence-electron chi connectivity index (χ2n) is 5.72. The molecule has 1 heterocycles. The number of hydrogen-bond donors (Lipinski definition) is 3. The van der Waals surface area contributed by atoms with Crippen molar-refractivity contribution in [1.29, 1.82) is 0 Å². The third kappa shape index (κ3) is 5.55. The summed E-state index contributed by atoms with van der Waals surface area (Å²) in [7, 11) is 0. The van der Waals surface area contributed by atoms with E-state index in [1.165, 1.54) is 18.2 Å². The molecule has 8 heteroatoms. The monoisotopic (exact) mass is 338 g/mol. The Morgan fingerprint density at radius 2 is 2.04 bits per heavy atom. The van der Waals surface area contributed by atoms with Crippen LogP contribution in [0, 0.1) is 5.82 Å². The number of anilines is 2. The average Bonchev–Trinajstić information content (AvgIpc) is 2.57. The van der Waals surface area contributed by atoms with Crippen LogP contribution in [0.15, 0.2) is 18.2 Å². The molecule has 7 nitrogen and oxygen atoms in total. The first-order chi connectivity index (χ1) is 11.5. The number of nitrogens with two attached hydrogens (primary N) is 1. The van der Waals surface area contributed by atoms with Crippen molar-refractivity contribution >= 4 is 23.2 Å². The van der Waals surface area contributed by atoms with E-state index in [4.69, 9.17) is 10.5 Å². The lowest BCUT2D eigenvalue weighted by atomic mass is 10.2. The van der Waals surface area contributed by atoms with Crippen molar-refractivity contribution in [3.63, 3.8) is 0 Å². The molecule has 0 aromatic heterocycles. The van der Waals surface area contributed by atoms with Crippen LogP contribution in [0.1, 0.15) is 13.3 Å². The van der Waals surface area contributed by atoms with E-state index >= 15 is 0 Å². The lowest BCUT2D eigenvalue weighted by molar-refractivity contribution is -0.117. The fraction of sp³-hybridized carbons (Fsp3) is 0.500. The smallest absolute Gasteiger partial charge is 0.240 e. The molecular formula is C16H23FN4O3. The van der Waals surface area contributed by atoms with E-state index in [2.05, 4.69) is 15.5 Å². The van der Waals surface area contributed by atoms with E-state index < -0.39 is 11.9 Å². The number of nitrogens with one attached hydrogen (secondary N) is 2. The van der Waals surface area contributed by atoms with Gasteiger partial charge in [-0.3, -0.25) is 14.5 Å². The molecule has 4 N–H and O–H groups in total. The number of carbonyl (C=O) groups is 2. The molecule has 0 radical (unpaired) electrons. The van der Waals surface area contributed by atoms with Crippen molar-refractivity contribution in [2.75, 3.05) is 43.5 Å². The molecule has 2 amide bonds. The van der Waals surface area contributed by atoms with Crippen LogP contribution in [0.4, 0.5) is 15.8 Å². The molecule has 132 valence electrons. The number of rotatable bonds is 6. The first-order valence-corrected chi connectivity index (χ1v) is 7.91. The van der Waals surface area contributed by atoms with Crippen molar-refractivity contribution in [2.24, 2.45) is 5.73 Å². The second kappa shape index (κ2) is 8.72. The summed E-state index contributed by atoms with van der Waals surface area (Å²) in [6.45, 7) is 5.06. The van der Waals surface area contributed by atoms with Crippen LogP contribution < -0.4 is 16.4 Å². The Morgan fingerprint density at radius 1 is 1.33 bits per heavy atom. The number of hydrogen-bond acceptors (Lipinski definition) is 5. The maximum atomic E-state index is 13.8. The zero-order chi connectivity index (χ0) is 17.5. The second-order valence-corrected chi connectivity index (χ2v) is 5.72. The molecule has 1 unspecified atom stereocenters. The van der Waals surface area contributed by atoms with Gasteiger partial charge in [-0.2, -0.15) is 0 Å². The van der Waals surface area contributed by atoms with E-state index in [1.807, 2.05) is 0 Å². The molecule has 1 aliphatic heterocycles. The van der Waals surface area contributed by atoms with Crippen molar-refractivity contribution in [3.8, 4) is 0 Å². The molecular weight excluding hydrogens is 315 g/mol. The van der Waals surface area contributed by atoms with Crippen molar-refractivity contribution in [1.82, 2.24) is 4.90 Å². The normalized spacial score (nSPS) is 16.5. The van der Waals surface area contributed by atoms with E-state index in [0.717, 1.165) is 13.1 Å². The Bertz CT molecular complexity index is 589. The van der Waals surface area contributed by atoms with Gasteiger partial charge < -0.3 is 21.1 Å². The molecule has 0 saturated carbocycles. The maximum absolute atomic E-state index is 13.8. The summed E-state index contributed by atoms with van der Waals surface area (Å²) in [5.41, 5.74) is 5.88. The van der Waals surface area contributed by atoms with Crippen LogP contribution >= 0.6 is 0 Å². The summed E-state index contributed by atoms with van der Waals surface area (Å²) in [6, 6.07) is 3.30. The van der Waals surface area contributed by atoms with Gasteiger partial charge in [0.05, 0.1) is 24.9 Å². The largest absolute Gasteiger partial charge is 0.379 e. The van der Waals surface area contributed by atoms with Crippen molar-refractivity contribution < 1.29 is 18.7 Å². The molecule has 1 aromatic rings. The molecule has 0 spiro atoms. The quantitative estimate of drug-likeness (QED) is 0.712.